The van der Waals surface area contributed by atoms with E-state index in [-0.39, 0.29) is 5.38 Å². The normalized spacial score (nSPS) is 13.2. The van der Waals surface area contributed by atoms with Gasteiger partial charge < -0.3 is 0 Å². The minimum atomic E-state index is 0.174. The molecule has 1 aromatic heterocycles. The first kappa shape index (κ1) is 12.4. The SMILES string of the molecule is CC(C)CC(Cl)Cc1nccc2ccccc12. The highest BCUT2D eigenvalue weighted by molar-refractivity contribution is 6.20. The van der Waals surface area contributed by atoms with Gasteiger partial charge in [0.25, 0.3) is 0 Å². The van der Waals surface area contributed by atoms with Crippen LogP contribution in [0, 0.1) is 5.92 Å². The maximum atomic E-state index is 6.37. The van der Waals surface area contributed by atoms with Gasteiger partial charge in [-0.25, -0.2) is 0 Å². The molecule has 2 aromatic rings. The van der Waals surface area contributed by atoms with Gasteiger partial charge in [0, 0.05) is 29.1 Å². The predicted molar refractivity (Wildman–Crippen MR) is 74.5 cm³/mol. The lowest BCUT2D eigenvalue weighted by molar-refractivity contribution is 0.560. The maximum absolute atomic E-state index is 6.37. The average molecular weight is 248 g/mol. The maximum Gasteiger partial charge on any atom is 0.0496 e. The van der Waals surface area contributed by atoms with E-state index in [1.165, 1.54) is 10.8 Å². The Labute approximate surface area is 108 Å². The lowest BCUT2D eigenvalue weighted by Crippen LogP contribution is -2.08. The highest BCUT2D eigenvalue weighted by Crippen LogP contribution is 2.21. The standard InChI is InChI=1S/C15H18ClN/c1-11(2)9-13(16)10-15-14-6-4-3-5-12(14)7-8-17-15/h3-8,11,13H,9-10H2,1-2H3. The molecule has 0 fully saturated rings. The number of hydrogen-bond donors (Lipinski definition) is 0. The van der Waals surface area contributed by atoms with Gasteiger partial charge in [-0.1, -0.05) is 38.1 Å². The van der Waals surface area contributed by atoms with E-state index in [2.05, 4.69) is 43.1 Å². The molecule has 0 amide bonds. The largest absolute Gasteiger partial charge is 0.261 e. The minimum absolute atomic E-state index is 0.174. The van der Waals surface area contributed by atoms with Crippen molar-refractivity contribution in [1.82, 2.24) is 4.98 Å². The summed E-state index contributed by atoms with van der Waals surface area (Å²) in [5, 5.41) is 2.64. The van der Waals surface area contributed by atoms with E-state index in [1.54, 1.807) is 0 Å². The van der Waals surface area contributed by atoms with Crippen molar-refractivity contribution in [3.05, 3.63) is 42.2 Å². The minimum Gasteiger partial charge on any atom is -0.261 e. The first-order chi connectivity index (χ1) is 8.16. The highest BCUT2D eigenvalue weighted by atomic mass is 35.5. The van der Waals surface area contributed by atoms with Crippen LogP contribution in [0.3, 0.4) is 0 Å². The zero-order chi connectivity index (χ0) is 12.3. The van der Waals surface area contributed by atoms with E-state index < -0.39 is 0 Å². The van der Waals surface area contributed by atoms with E-state index in [0.29, 0.717) is 5.92 Å². The van der Waals surface area contributed by atoms with Gasteiger partial charge in [0.15, 0.2) is 0 Å². The zero-order valence-corrected chi connectivity index (χ0v) is 11.1. The monoisotopic (exact) mass is 247 g/mol. The number of fused-ring (bicyclic) bond motifs is 1. The van der Waals surface area contributed by atoms with Gasteiger partial charge in [-0.3, -0.25) is 4.98 Å². The molecule has 0 radical (unpaired) electrons. The lowest BCUT2D eigenvalue weighted by atomic mass is 10.0. The van der Waals surface area contributed by atoms with Gasteiger partial charge in [0.2, 0.25) is 0 Å². The predicted octanol–water partition coefficient (Wildman–Crippen LogP) is 4.43. The van der Waals surface area contributed by atoms with Crippen LogP contribution in [-0.4, -0.2) is 10.4 Å². The molecule has 1 nitrogen and oxygen atoms in total. The first-order valence-corrected chi connectivity index (χ1v) is 6.57. The quantitative estimate of drug-likeness (QED) is 0.729. The van der Waals surface area contributed by atoms with Crippen LogP contribution in [0.15, 0.2) is 36.5 Å². The lowest BCUT2D eigenvalue weighted by Gasteiger charge is -2.12. The number of alkyl halides is 1. The summed E-state index contributed by atoms with van der Waals surface area (Å²) in [6, 6.07) is 10.4. The van der Waals surface area contributed by atoms with Crippen molar-refractivity contribution in [3.8, 4) is 0 Å². The zero-order valence-electron chi connectivity index (χ0n) is 10.4. The molecule has 0 bridgehead atoms. The first-order valence-electron chi connectivity index (χ1n) is 6.13. The molecule has 1 unspecified atom stereocenters. The van der Waals surface area contributed by atoms with Crippen molar-refractivity contribution in [3.63, 3.8) is 0 Å². The fourth-order valence-electron chi connectivity index (χ4n) is 2.15. The Balaban J connectivity index is 2.24. The Bertz CT molecular complexity index is 488. The molecule has 0 aliphatic heterocycles. The van der Waals surface area contributed by atoms with Crippen LogP contribution < -0.4 is 0 Å². The van der Waals surface area contributed by atoms with Crippen molar-refractivity contribution < 1.29 is 0 Å². The second-order valence-electron chi connectivity index (χ2n) is 4.91. The Morgan fingerprint density at radius 1 is 1.18 bits per heavy atom. The summed E-state index contributed by atoms with van der Waals surface area (Å²) in [5.74, 6) is 0.632. The van der Waals surface area contributed by atoms with E-state index in [1.807, 2.05) is 12.3 Å². The number of nitrogens with zero attached hydrogens (tertiary/aromatic N) is 1. The molecular formula is C15H18ClN. The number of aromatic nitrogens is 1. The van der Waals surface area contributed by atoms with E-state index in [4.69, 9.17) is 11.6 Å². The molecule has 1 heterocycles. The number of rotatable bonds is 4. The van der Waals surface area contributed by atoms with Crippen molar-refractivity contribution in [2.75, 3.05) is 0 Å². The van der Waals surface area contributed by atoms with Crippen LogP contribution in [0.25, 0.3) is 10.8 Å². The van der Waals surface area contributed by atoms with Crippen molar-refractivity contribution >= 4 is 22.4 Å². The second-order valence-corrected chi connectivity index (χ2v) is 5.53. The molecule has 1 aromatic carbocycles. The summed E-state index contributed by atoms with van der Waals surface area (Å²) in [6.07, 6.45) is 3.75. The second kappa shape index (κ2) is 5.50. The molecule has 2 heteroatoms. The van der Waals surface area contributed by atoms with Crippen LogP contribution in [0.4, 0.5) is 0 Å². The summed E-state index contributed by atoms with van der Waals surface area (Å²) in [4.78, 5) is 4.47. The van der Waals surface area contributed by atoms with Crippen LogP contribution in [0.5, 0.6) is 0 Å². The van der Waals surface area contributed by atoms with E-state index in [9.17, 15) is 0 Å². The van der Waals surface area contributed by atoms with Gasteiger partial charge in [-0.15, -0.1) is 11.6 Å². The molecule has 17 heavy (non-hydrogen) atoms. The van der Waals surface area contributed by atoms with E-state index in [0.717, 1.165) is 18.5 Å². The van der Waals surface area contributed by atoms with Gasteiger partial charge in [-0.2, -0.15) is 0 Å². The molecule has 0 spiro atoms. The Morgan fingerprint density at radius 3 is 2.71 bits per heavy atom. The fourth-order valence-corrected chi connectivity index (χ4v) is 2.65. The Morgan fingerprint density at radius 2 is 1.94 bits per heavy atom. The summed E-state index contributed by atoms with van der Waals surface area (Å²) < 4.78 is 0. The number of hydrogen-bond acceptors (Lipinski definition) is 1. The molecule has 0 aliphatic carbocycles. The van der Waals surface area contributed by atoms with Crippen molar-refractivity contribution in [2.24, 2.45) is 5.92 Å². The number of benzene rings is 1. The third kappa shape index (κ3) is 3.19. The molecule has 90 valence electrons. The smallest absolute Gasteiger partial charge is 0.0496 e. The molecule has 0 saturated carbocycles. The molecule has 2 rings (SSSR count). The topological polar surface area (TPSA) is 12.9 Å². The molecular weight excluding hydrogens is 230 g/mol. The van der Waals surface area contributed by atoms with Crippen LogP contribution >= 0.6 is 11.6 Å². The third-order valence-electron chi connectivity index (χ3n) is 2.90. The average Bonchev–Trinajstić information content (AvgIpc) is 2.28. The molecule has 0 saturated heterocycles. The Hall–Kier alpha value is -1.08. The third-order valence-corrected chi connectivity index (χ3v) is 3.23. The highest BCUT2D eigenvalue weighted by Gasteiger charge is 2.11. The van der Waals surface area contributed by atoms with E-state index >= 15 is 0 Å². The fraction of sp³-hybridized carbons (Fsp3) is 0.400. The van der Waals surface area contributed by atoms with Gasteiger partial charge in [-0.05, 0) is 23.8 Å². The molecule has 0 N–H and O–H groups in total. The number of halogens is 1. The van der Waals surface area contributed by atoms with Crippen LogP contribution in [-0.2, 0) is 6.42 Å². The van der Waals surface area contributed by atoms with Gasteiger partial charge in [0.1, 0.15) is 0 Å². The summed E-state index contributed by atoms with van der Waals surface area (Å²) >= 11 is 6.37. The summed E-state index contributed by atoms with van der Waals surface area (Å²) in [7, 11) is 0. The van der Waals surface area contributed by atoms with Gasteiger partial charge >= 0.3 is 0 Å². The summed E-state index contributed by atoms with van der Waals surface area (Å²) in [5.41, 5.74) is 1.11. The van der Waals surface area contributed by atoms with Crippen molar-refractivity contribution in [2.45, 2.75) is 32.1 Å². The number of pyridine rings is 1. The van der Waals surface area contributed by atoms with Crippen molar-refractivity contribution in [1.29, 1.82) is 0 Å². The Kier molecular flexibility index (Phi) is 4.01. The molecule has 1 atom stereocenters. The molecule has 0 aliphatic rings. The van der Waals surface area contributed by atoms with Crippen LogP contribution in [0.2, 0.25) is 0 Å². The van der Waals surface area contributed by atoms with Crippen LogP contribution in [0.1, 0.15) is 26.0 Å². The summed E-state index contributed by atoms with van der Waals surface area (Å²) in [6.45, 7) is 4.40. The van der Waals surface area contributed by atoms with Gasteiger partial charge in [0.05, 0.1) is 0 Å².